The Morgan fingerprint density at radius 1 is 1.00 bits per heavy atom. The SMILES string of the molecule is Cc1c(Cl)n[n+](C2CC2c2c(Cl)nnc(N)c2C)c(N)c1C1CC1. The van der Waals surface area contributed by atoms with Crippen LogP contribution in [-0.2, 0) is 0 Å². The molecule has 2 aliphatic rings. The molecule has 0 radical (unpaired) electrons. The molecule has 0 amide bonds. The highest BCUT2D eigenvalue weighted by Crippen LogP contribution is 2.52. The number of anilines is 2. The molecular weight excluding hydrogens is 347 g/mol. The fourth-order valence-electron chi connectivity index (χ4n) is 3.50. The molecule has 2 aromatic heterocycles. The van der Waals surface area contributed by atoms with E-state index < -0.39 is 0 Å². The number of aromatic nitrogens is 4. The number of nitrogen functional groups attached to an aromatic ring is 2. The van der Waals surface area contributed by atoms with Gasteiger partial charge in [0.2, 0.25) is 0 Å². The maximum atomic E-state index is 6.44. The van der Waals surface area contributed by atoms with E-state index >= 15 is 0 Å². The van der Waals surface area contributed by atoms with Gasteiger partial charge in [-0.3, -0.25) is 5.73 Å². The zero-order valence-electron chi connectivity index (χ0n) is 13.6. The van der Waals surface area contributed by atoms with Gasteiger partial charge in [0, 0.05) is 23.5 Å². The van der Waals surface area contributed by atoms with E-state index in [1.54, 1.807) is 0 Å². The number of halogens is 2. The van der Waals surface area contributed by atoms with Crippen LogP contribution >= 0.6 is 23.2 Å². The maximum absolute atomic E-state index is 6.44. The molecule has 0 spiro atoms. The maximum Gasteiger partial charge on any atom is 0.297 e. The summed E-state index contributed by atoms with van der Waals surface area (Å²) >= 11 is 12.6. The van der Waals surface area contributed by atoms with Gasteiger partial charge >= 0.3 is 0 Å². The van der Waals surface area contributed by atoms with Crippen LogP contribution in [0.3, 0.4) is 0 Å². The van der Waals surface area contributed by atoms with Crippen molar-refractivity contribution in [2.45, 2.75) is 51.0 Å². The van der Waals surface area contributed by atoms with Crippen LogP contribution in [-0.4, -0.2) is 15.3 Å². The van der Waals surface area contributed by atoms with Crippen molar-refractivity contribution in [3.05, 3.63) is 32.6 Å². The Morgan fingerprint density at radius 3 is 2.38 bits per heavy atom. The third-order valence-electron chi connectivity index (χ3n) is 5.12. The van der Waals surface area contributed by atoms with Crippen molar-refractivity contribution in [1.29, 1.82) is 0 Å². The number of nitrogens with two attached hydrogens (primary N) is 2. The van der Waals surface area contributed by atoms with Gasteiger partial charge in [0.25, 0.3) is 5.82 Å². The summed E-state index contributed by atoms with van der Waals surface area (Å²) in [6.07, 6.45) is 3.21. The molecule has 2 unspecified atom stereocenters. The van der Waals surface area contributed by atoms with Crippen LogP contribution in [0, 0.1) is 13.8 Å². The van der Waals surface area contributed by atoms with Crippen LogP contribution in [0.5, 0.6) is 0 Å². The van der Waals surface area contributed by atoms with E-state index in [0.717, 1.165) is 47.3 Å². The highest BCUT2D eigenvalue weighted by molar-refractivity contribution is 6.30. The minimum atomic E-state index is 0.125. The lowest BCUT2D eigenvalue weighted by Gasteiger charge is -2.11. The molecule has 4 rings (SSSR count). The van der Waals surface area contributed by atoms with E-state index in [0.29, 0.717) is 22.0 Å². The third-order valence-corrected chi connectivity index (χ3v) is 5.75. The van der Waals surface area contributed by atoms with Crippen molar-refractivity contribution in [3.8, 4) is 0 Å². The van der Waals surface area contributed by atoms with E-state index in [1.165, 1.54) is 0 Å². The first kappa shape index (κ1) is 15.8. The molecule has 0 saturated heterocycles. The monoisotopic (exact) mass is 365 g/mol. The van der Waals surface area contributed by atoms with Gasteiger partial charge in [0.05, 0.1) is 5.56 Å². The molecule has 2 atom stereocenters. The van der Waals surface area contributed by atoms with E-state index in [2.05, 4.69) is 15.3 Å². The Morgan fingerprint density at radius 2 is 1.71 bits per heavy atom. The molecule has 0 aliphatic heterocycles. The highest BCUT2D eigenvalue weighted by Gasteiger charge is 2.49. The molecule has 2 aromatic rings. The predicted octanol–water partition coefficient (Wildman–Crippen LogP) is 2.85. The summed E-state index contributed by atoms with van der Waals surface area (Å²) in [7, 11) is 0. The molecule has 2 fully saturated rings. The summed E-state index contributed by atoms with van der Waals surface area (Å²) in [5.41, 5.74) is 16.3. The second kappa shape index (κ2) is 5.43. The van der Waals surface area contributed by atoms with Crippen LogP contribution in [0.15, 0.2) is 0 Å². The van der Waals surface area contributed by atoms with Crippen molar-refractivity contribution < 1.29 is 4.68 Å². The first-order valence-electron chi connectivity index (χ1n) is 8.05. The molecule has 24 heavy (non-hydrogen) atoms. The molecule has 2 aliphatic carbocycles. The standard InChI is InChI=1S/C16H18Cl2N6/c1-6-11(8-3-4-8)16(20)24(23-13(6)17)10-5-9(10)12-7(2)15(19)22-21-14(12)18/h8-10,20H,3-5H2,1-2H3,(H2,19,22)/p+1. The lowest BCUT2D eigenvalue weighted by atomic mass is 10.1. The fourth-order valence-corrected chi connectivity index (χ4v) is 4.01. The topological polar surface area (TPSA) is 94.6 Å². The average Bonchev–Trinajstić information content (AvgIpc) is 3.42. The molecule has 2 saturated carbocycles. The lowest BCUT2D eigenvalue weighted by Crippen LogP contribution is -2.42. The van der Waals surface area contributed by atoms with Crippen LogP contribution in [0.4, 0.5) is 11.6 Å². The number of hydrogen-bond donors (Lipinski definition) is 2. The third kappa shape index (κ3) is 2.40. The highest BCUT2D eigenvalue weighted by atomic mass is 35.5. The largest absolute Gasteiger partial charge is 0.382 e. The lowest BCUT2D eigenvalue weighted by molar-refractivity contribution is -0.745. The smallest absolute Gasteiger partial charge is 0.297 e. The van der Waals surface area contributed by atoms with Gasteiger partial charge in [-0.1, -0.05) is 28.3 Å². The summed E-state index contributed by atoms with van der Waals surface area (Å²) in [5.74, 6) is 1.82. The summed E-state index contributed by atoms with van der Waals surface area (Å²) in [6.45, 7) is 3.91. The van der Waals surface area contributed by atoms with Gasteiger partial charge in [-0.2, -0.15) is 0 Å². The van der Waals surface area contributed by atoms with E-state index in [4.69, 9.17) is 34.7 Å². The molecule has 6 nitrogen and oxygen atoms in total. The van der Waals surface area contributed by atoms with Gasteiger partial charge in [0.15, 0.2) is 10.3 Å². The number of nitrogens with zero attached hydrogens (tertiary/aromatic N) is 4. The van der Waals surface area contributed by atoms with Crippen LogP contribution in [0.1, 0.15) is 59.4 Å². The van der Waals surface area contributed by atoms with Gasteiger partial charge < -0.3 is 5.73 Å². The van der Waals surface area contributed by atoms with Crippen LogP contribution in [0.2, 0.25) is 10.3 Å². The first-order chi connectivity index (χ1) is 11.4. The summed E-state index contributed by atoms with van der Waals surface area (Å²) in [6, 6.07) is 0.125. The average molecular weight is 366 g/mol. The van der Waals surface area contributed by atoms with E-state index in [1.807, 2.05) is 18.5 Å². The Hall–Kier alpha value is -1.66. The summed E-state index contributed by atoms with van der Waals surface area (Å²) in [4.78, 5) is 0. The number of hydrogen-bond acceptors (Lipinski definition) is 5. The second-order valence-electron chi connectivity index (χ2n) is 6.76. The van der Waals surface area contributed by atoms with Crippen molar-refractivity contribution in [3.63, 3.8) is 0 Å². The first-order valence-corrected chi connectivity index (χ1v) is 8.81. The zero-order valence-corrected chi connectivity index (χ0v) is 15.1. The molecule has 0 bridgehead atoms. The Kier molecular flexibility index (Phi) is 3.58. The van der Waals surface area contributed by atoms with Gasteiger partial charge in [-0.05, 0) is 38.2 Å². The van der Waals surface area contributed by atoms with Crippen molar-refractivity contribution >= 4 is 34.8 Å². The fraction of sp³-hybridized carbons (Fsp3) is 0.500. The Bertz CT molecular complexity index is 849. The van der Waals surface area contributed by atoms with E-state index in [9.17, 15) is 0 Å². The molecular formula is C16H19Cl2N6+. The zero-order chi connectivity index (χ0) is 17.2. The minimum Gasteiger partial charge on any atom is -0.382 e. The van der Waals surface area contributed by atoms with Gasteiger partial charge in [-0.25, -0.2) is 0 Å². The van der Waals surface area contributed by atoms with Crippen LogP contribution in [0.25, 0.3) is 0 Å². The van der Waals surface area contributed by atoms with Crippen LogP contribution < -0.4 is 16.1 Å². The van der Waals surface area contributed by atoms with Gasteiger partial charge in [-0.15, -0.1) is 14.9 Å². The normalized spacial score (nSPS) is 22.7. The Labute approximate surface area is 150 Å². The summed E-state index contributed by atoms with van der Waals surface area (Å²) < 4.78 is 1.86. The minimum absolute atomic E-state index is 0.125. The molecule has 126 valence electrons. The molecule has 2 heterocycles. The van der Waals surface area contributed by atoms with E-state index in [-0.39, 0.29) is 12.0 Å². The molecule has 8 heteroatoms. The van der Waals surface area contributed by atoms with Crippen molar-refractivity contribution in [2.75, 3.05) is 11.5 Å². The van der Waals surface area contributed by atoms with Crippen molar-refractivity contribution in [1.82, 2.24) is 15.3 Å². The predicted molar refractivity (Wildman–Crippen MR) is 93.2 cm³/mol. The van der Waals surface area contributed by atoms with Crippen molar-refractivity contribution in [2.24, 2.45) is 0 Å². The number of rotatable bonds is 3. The summed E-state index contributed by atoms with van der Waals surface area (Å²) in [5, 5.41) is 13.2. The second-order valence-corrected chi connectivity index (χ2v) is 7.47. The molecule has 0 aromatic carbocycles. The quantitative estimate of drug-likeness (QED) is 0.815. The molecule has 4 N–H and O–H groups in total. The van der Waals surface area contributed by atoms with Gasteiger partial charge in [0.1, 0.15) is 11.9 Å². The Balaban J connectivity index is 1.74.